The fourth-order valence-corrected chi connectivity index (χ4v) is 1.75. The Bertz CT molecular complexity index is 339. The molecule has 0 aromatic heterocycles. The summed E-state index contributed by atoms with van der Waals surface area (Å²) in [5.74, 6) is -0.817. The second-order valence-electron chi connectivity index (χ2n) is 4.37. The highest BCUT2D eigenvalue weighted by Crippen LogP contribution is 2.00. The summed E-state index contributed by atoms with van der Waals surface area (Å²) < 4.78 is 4.85. The van der Waals surface area contributed by atoms with E-state index in [0.717, 1.165) is 25.9 Å². The second-order valence-corrected chi connectivity index (χ2v) is 4.37. The maximum absolute atomic E-state index is 11.6. The molecule has 4 nitrogen and oxygen atoms in total. The molecule has 108 valence electrons. The second kappa shape index (κ2) is 10.5. The van der Waals surface area contributed by atoms with Crippen LogP contribution < -0.4 is 4.90 Å². The fourth-order valence-electron chi connectivity index (χ4n) is 1.75. The quantitative estimate of drug-likeness (QED) is 0.225. The molecule has 0 aromatic carbocycles. The van der Waals surface area contributed by atoms with Crippen LogP contribution in [0.5, 0.6) is 0 Å². The van der Waals surface area contributed by atoms with Crippen LogP contribution >= 0.6 is 0 Å². The van der Waals surface area contributed by atoms with Gasteiger partial charge in [-0.2, -0.15) is 0 Å². The molecule has 0 unspecified atom stereocenters. The molecular formula is C15H26NO3+. The van der Waals surface area contributed by atoms with Crippen LogP contribution in [0.4, 0.5) is 0 Å². The third-order valence-electron chi connectivity index (χ3n) is 2.61. The molecule has 0 aliphatic carbocycles. The van der Waals surface area contributed by atoms with Gasteiger partial charge in [-0.15, -0.1) is 0 Å². The fraction of sp³-hybridized carbons (Fsp3) is 0.600. The molecular weight excluding hydrogens is 242 g/mol. The van der Waals surface area contributed by atoms with E-state index in [2.05, 4.69) is 13.8 Å². The molecule has 0 saturated carbocycles. The van der Waals surface area contributed by atoms with Crippen molar-refractivity contribution in [2.45, 2.75) is 40.5 Å². The van der Waals surface area contributed by atoms with Crippen LogP contribution in [0.2, 0.25) is 0 Å². The molecule has 0 fully saturated rings. The van der Waals surface area contributed by atoms with Crippen molar-refractivity contribution in [2.75, 3.05) is 19.7 Å². The standard InChI is InChI=1S/C15H25NO3/c1-5-10-16(11-6-2)12-8-9-14(13(4)17)15(18)19-7-3/h8-9,12H,5-7,10-11H2,1-4H3/p+1/b12-8+,14-9-. The highest BCUT2D eigenvalue weighted by Gasteiger charge is 2.14. The zero-order chi connectivity index (χ0) is 14.7. The van der Waals surface area contributed by atoms with Gasteiger partial charge in [0.25, 0.3) is 0 Å². The van der Waals surface area contributed by atoms with Gasteiger partial charge in [0, 0.05) is 0 Å². The number of quaternary nitrogens is 1. The minimum atomic E-state index is -0.549. The average molecular weight is 268 g/mol. The molecule has 0 aromatic rings. The monoisotopic (exact) mass is 268 g/mol. The molecule has 1 N–H and O–H groups in total. The lowest BCUT2D eigenvalue weighted by Crippen LogP contribution is -3.07. The molecule has 0 bridgehead atoms. The maximum atomic E-state index is 11.6. The first kappa shape index (κ1) is 17.6. The van der Waals surface area contributed by atoms with E-state index in [-0.39, 0.29) is 18.0 Å². The number of rotatable bonds is 9. The van der Waals surface area contributed by atoms with Crippen molar-refractivity contribution < 1.29 is 19.2 Å². The number of hydrogen-bond acceptors (Lipinski definition) is 3. The Kier molecular flexibility index (Phi) is 9.71. The number of nitrogens with one attached hydrogen (secondary N) is 1. The van der Waals surface area contributed by atoms with Crippen molar-refractivity contribution in [1.29, 1.82) is 0 Å². The van der Waals surface area contributed by atoms with E-state index in [0.29, 0.717) is 0 Å². The number of esters is 1. The summed E-state index contributed by atoms with van der Waals surface area (Å²) in [7, 11) is 0. The van der Waals surface area contributed by atoms with Gasteiger partial charge in [-0.25, -0.2) is 4.79 Å². The van der Waals surface area contributed by atoms with E-state index >= 15 is 0 Å². The lowest BCUT2D eigenvalue weighted by molar-refractivity contribution is -0.847. The Morgan fingerprint density at radius 1 is 1.11 bits per heavy atom. The first-order chi connectivity index (χ1) is 9.06. The molecule has 0 aliphatic heterocycles. The zero-order valence-electron chi connectivity index (χ0n) is 12.5. The van der Waals surface area contributed by atoms with E-state index in [1.807, 2.05) is 6.20 Å². The smallest absolute Gasteiger partial charge is 0.341 e. The number of Topliss-reactive ketones (excluding diaryl/α,β-unsaturated/α-hetero) is 1. The Morgan fingerprint density at radius 3 is 2.11 bits per heavy atom. The van der Waals surface area contributed by atoms with Crippen LogP contribution in [-0.4, -0.2) is 31.4 Å². The van der Waals surface area contributed by atoms with Crippen molar-refractivity contribution in [3.05, 3.63) is 23.9 Å². The van der Waals surface area contributed by atoms with E-state index < -0.39 is 5.97 Å². The summed E-state index contributed by atoms with van der Waals surface area (Å²) in [6.45, 7) is 9.74. The van der Waals surface area contributed by atoms with Gasteiger partial charge >= 0.3 is 5.97 Å². The van der Waals surface area contributed by atoms with E-state index in [9.17, 15) is 9.59 Å². The third kappa shape index (κ3) is 7.57. The van der Waals surface area contributed by atoms with E-state index in [1.165, 1.54) is 11.8 Å². The van der Waals surface area contributed by atoms with Crippen LogP contribution in [-0.2, 0) is 14.3 Å². The molecule has 19 heavy (non-hydrogen) atoms. The van der Waals surface area contributed by atoms with Crippen LogP contribution in [0.3, 0.4) is 0 Å². The largest absolute Gasteiger partial charge is 0.462 e. The number of hydrogen-bond donors (Lipinski definition) is 1. The van der Waals surface area contributed by atoms with Gasteiger partial charge in [0.1, 0.15) is 5.57 Å². The molecule has 0 saturated heterocycles. The Labute approximate surface area is 116 Å². The summed E-state index contributed by atoms with van der Waals surface area (Å²) in [5.41, 5.74) is 0.102. The normalized spacial score (nSPS) is 12.2. The number of carbonyl (C=O) groups is 2. The minimum absolute atomic E-state index is 0.102. The van der Waals surface area contributed by atoms with Crippen molar-refractivity contribution in [2.24, 2.45) is 0 Å². The van der Waals surface area contributed by atoms with Gasteiger partial charge in [-0.1, -0.05) is 13.8 Å². The number of ketones is 1. The summed E-state index contributed by atoms with van der Waals surface area (Å²) in [6.07, 6.45) is 7.51. The Balaban J connectivity index is 4.75. The average Bonchev–Trinajstić information content (AvgIpc) is 2.34. The lowest BCUT2D eigenvalue weighted by atomic mass is 10.2. The van der Waals surface area contributed by atoms with Gasteiger partial charge in [0.05, 0.1) is 25.9 Å². The summed E-state index contributed by atoms with van der Waals surface area (Å²) in [6, 6.07) is 0. The molecule has 0 amide bonds. The van der Waals surface area contributed by atoms with Crippen molar-refractivity contribution in [3.63, 3.8) is 0 Å². The SMILES string of the molecule is CCC[NH+](/C=C/C=C(/C(C)=O)C(=O)OCC)CCC. The van der Waals surface area contributed by atoms with Gasteiger partial charge in [0.2, 0.25) is 0 Å². The molecule has 0 radical (unpaired) electrons. The summed E-state index contributed by atoms with van der Waals surface area (Å²) in [4.78, 5) is 24.3. The van der Waals surface area contributed by atoms with Crippen LogP contribution in [0.25, 0.3) is 0 Å². The van der Waals surface area contributed by atoms with Crippen LogP contribution in [0.15, 0.2) is 23.9 Å². The number of allylic oxidation sites excluding steroid dienone is 2. The van der Waals surface area contributed by atoms with Gasteiger partial charge in [0.15, 0.2) is 5.78 Å². The van der Waals surface area contributed by atoms with Crippen molar-refractivity contribution in [3.8, 4) is 0 Å². The van der Waals surface area contributed by atoms with Crippen LogP contribution in [0.1, 0.15) is 40.5 Å². The Morgan fingerprint density at radius 2 is 1.68 bits per heavy atom. The summed E-state index contributed by atoms with van der Waals surface area (Å²) in [5, 5.41) is 0. The molecule has 0 heterocycles. The minimum Gasteiger partial charge on any atom is -0.462 e. The lowest BCUT2D eigenvalue weighted by Gasteiger charge is -2.11. The van der Waals surface area contributed by atoms with Gasteiger partial charge in [-0.05, 0) is 38.8 Å². The predicted octanol–water partition coefficient (Wildman–Crippen LogP) is 1.28. The van der Waals surface area contributed by atoms with Crippen LogP contribution in [0, 0.1) is 0 Å². The third-order valence-corrected chi connectivity index (χ3v) is 2.61. The topological polar surface area (TPSA) is 47.8 Å². The summed E-state index contributed by atoms with van der Waals surface area (Å²) >= 11 is 0. The molecule has 0 atom stereocenters. The molecule has 4 heteroatoms. The van der Waals surface area contributed by atoms with Gasteiger partial charge in [-0.3, -0.25) is 4.79 Å². The molecule has 0 spiro atoms. The zero-order valence-corrected chi connectivity index (χ0v) is 12.5. The first-order valence-electron chi connectivity index (χ1n) is 6.97. The van der Waals surface area contributed by atoms with Crippen molar-refractivity contribution in [1.82, 2.24) is 0 Å². The van der Waals surface area contributed by atoms with E-state index in [4.69, 9.17) is 4.74 Å². The maximum Gasteiger partial charge on any atom is 0.341 e. The molecule has 0 rings (SSSR count). The first-order valence-corrected chi connectivity index (χ1v) is 6.97. The van der Waals surface area contributed by atoms with E-state index in [1.54, 1.807) is 19.1 Å². The number of carbonyl (C=O) groups excluding carboxylic acids is 2. The highest BCUT2D eigenvalue weighted by molar-refractivity contribution is 6.16. The number of ether oxygens (including phenoxy) is 1. The van der Waals surface area contributed by atoms with Gasteiger partial charge < -0.3 is 9.64 Å². The molecule has 0 aliphatic rings. The van der Waals surface area contributed by atoms with Crippen molar-refractivity contribution >= 4 is 11.8 Å². The Hall–Kier alpha value is -1.42. The predicted molar refractivity (Wildman–Crippen MR) is 75.8 cm³/mol. The highest BCUT2D eigenvalue weighted by atomic mass is 16.5.